The van der Waals surface area contributed by atoms with Crippen LogP contribution < -0.4 is 0 Å². The van der Waals surface area contributed by atoms with E-state index in [1.54, 1.807) is 5.51 Å². The van der Waals surface area contributed by atoms with Gasteiger partial charge in [0.05, 0.1) is 16.9 Å². The number of aryl methyl sites for hydroxylation is 2. The predicted molar refractivity (Wildman–Crippen MR) is 94.1 cm³/mol. The van der Waals surface area contributed by atoms with E-state index in [9.17, 15) is 4.79 Å². The van der Waals surface area contributed by atoms with Gasteiger partial charge in [-0.15, -0.1) is 16.4 Å². The second kappa shape index (κ2) is 7.88. The third-order valence-corrected chi connectivity index (χ3v) is 5.58. The minimum atomic E-state index is 0.135. The largest absolute Gasteiger partial charge is 0.338 e. The summed E-state index contributed by atoms with van der Waals surface area (Å²) in [7, 11) is 0. The maximum atomic E-state index is 12.5. The first-order chi connectivity index (χ1) is 11.7. The molecule has 2 aromatic heterocycles. The summed E-state index contributed by atoms with van der Waals surface area (Å²) < 4.78 is 1.97. The minimum Gasteiger partial charge on any atom is -0.338 e. The number of carbonyl (C=O) groups excluding carboxylic acids is 1. The van der Waals surface area contributed by atoms with Crippen LogP contribution in [0.4, 0.5) is 0 Å². The van der Waals surface area contributed by atoms with Gasteiger partial charge in [-0.25, -0.2) is 4.98 Å². The fourth-order valence-corrected chi connectivity index (χ4v) is 3.90. The van der Waals surface area contributed by atoms with E-state index in [-0.39, 0.29) is 5.91 Å². The SMILES string of the molecule is CCCCc1cn(CC2CCN(C(=O)c3scnc3C)CC2)nn1. The highest BCUT2D eigenvalue weighted by Crippen LogP contribution is 2.22. The van der Waals surface area contributed by atoms with Crippen molar-refractivity contribution in [1.29, 1.82) is 0 Å². The van der Waals surface area contributed by atoms with Gasteiger partial charge in [-0.1, -0.05) is 18.6 Å². The molecule has 2 aromatic rings. The Hall–Kier alpha value is -1.76. The number of carbonyl (C=O) groups is 1. The van der Waals surface area contributed by atoms with Gasteiger partial charge in [0, 0.05) is 25.8 Å². The summed E-state index contributed by atoms with van der Waals surface area (Å²) in [6.07, 6.45) is 7.47. The average molecular weight is 347 g/mol. The Morgan fingerprint density at radius 1 is 1.38 bits per heavy atom. The molecule has 0 unspecified atom stereocenters. The zero-order chi connectivity index (χ0) is 16.9. The highest BCUT2D eigenvalue weighted by molar-refractivity contribution is 7.11. The number of hydrogen-bond acceptors (Lipinski definition) is 5. The molecular formula is C17H25N5OS. The lowest BCUT2D eigenvalue weighted by Crippen LogP contribution is -2.39. The third-order valence-electron chi connectivity index (χ3n) is 4.66. The van der Waals surface area contributed by atoms with Crippen LogP contribution in [0.1, 0.15) is 53.7 Å². The fraction of sp³-hybridized carbons (Fsp3) is 0.647. The first-order valence-electron chi connectivity index (χ1n) is 8.75. The molecule has 1 fully saturated rings. The van der Waals surface area contributed by atoms with E-state index in [4.69, 9.17) is 0 Å². The third kappa shape index (κ3) is 4.01. The van der Waals surface area contributed by atoms with Gasteiger partial charge in [0.1, 0.15) is 4.88 Å². The van der Waals surface area contributed by atoms with Crippen LogP contribution in [0.2, 0.25) is 0 Å². The summed E-state index contributed by atoms with van der Waals surface area (Å²) in [5, 5.41) is 8.50. The molecule has 1 aliphatic heterocycles. The van der Waals surface area contributed by atoms with Gasteiger partial charge in [-0.05, 0) is 38.5 Å². The molecule has 0 atom stereocenters. The minimum absolute atomic E-state index is 0.135. The van der Waals surface area contributed by atoms with Gasteiger partial charge >= 0.3 is 0 Å². The molecule has 7 heteroatoms. The number of amides is 1. The van der Waals surface area contributed by atoms with Crippen molar-refractivity contribution in [3.05, 3.63) is 28.0 Å². The molecule has 0 N–H and O–H groups in total. The van der Waals surface area contributed by atoms with Gasteiger partial charge < -0.3 is 4.90 Å². The zero-order valence-electron chi connectivity index (χ0n) is 14.4. The second-order valence-corrected chi connectivity index (χ2v) is 7.39. The Kier molecular flexibility index (Phi) is 5.60. The summed E-state index contributed by atoms with van der Waals surface area (Å²) >= 11 is 1.44. The van der Waals surface area contributed by atoms with E-state index in [2.05, 4.69) is 28.4 Å². The number of likely N-dealkylation sites (tertiary alicyclic amines) is 1. The van der Waals surface area contributed by atoms with E-state index in [1.807, 2.05) is 16.5 Å². The summed E-state index contributed by atoms with van der Waals surface area (Å²) in [6.45, 7) is 6.63. The first-order valence-corrected chi connectivity index (χ1v) is 9.63. The molecule has 3 rings (SSSR count). The van der Waals surface area contributed by atoms with Crippen LogP contribution in [0, 0.1) is 12.8 Å². The Balaban J connectivity index is 1.49. The number of piperidine rings is 1. The maximum Gasteiger partial charge on any atom is 0.265 e. The molecule has 0 bridgehead atoms. The number of unbranched alkanes of at least 4 members (excludes halogenated alkanes) is 1. The van der Waals surface area contributed by atoms with Crippen LogP contribution >= 0.6 is 11.3 Å². The molecule has 6 nitrogen and oxygen atoms in total. The number of nitrogens with zero attached hydrogens (tertiary/aromatic N) is 5. The van der Waals surface area contributed by atoms with E-state index >= 15 is 0 Å². The van der Waals surface area contributed by atoms with Crippen LogP contribution in [-0.4, -0.2) is 43.9 Å². The average Bonchev–Trinajstić information content (AvgIpc) is 3.22. The summed E-state index contributed by atoms with van der Waals surface area (Å²) in [5.74, 6) is 0.702. The van der Waals surface area contributed by atoms with Crippen molar-refractivity contribution >= 4 is 17.2 Å². The van der Waals surface area contributed by atoms with Crippen LogP contribution in [0.3, 0.4) is 0 Å². The first kappa shape index (κ1) is 17.1. The molecule has 0 radical (unpaired) electrons. The van der Waals surface area contributed by atoms with Gasteiger partial charge in [0.25, 0.3) is 5.91 Å². The highest BCUT2D eigenvalue weighted by atomic mass is 32.1. The van der Waals surface area contributed by atoms with Crippen molar-refractivity contribution in [2.45, 2.75) is 52.5 Å². The normalized spacial score (nSPS) is 15.8. The molecule has 1 saturated heterocycles. The van der Waals surface area contributed by atoms with Crippen LogP contribution in [0.5, 0.6) is 0 Å². The standard InChI is InChI=1S/C17H25N5OS/c1-3-4-5-15-11-22(20-19-15)10-14-6-8-21(9-7-14)17(23)16-13(2)18-12-24-16/h11-12,14H,3-10H2,1-2H3. The molecular weight excluding hydrogens is 322 g/mol. The fourth-order valence-electron chi connectivity index (χ4n) is 3.13. The molecule has 0 aliphatic carbocycles. The topological polar surface area (TPSA) is 63.9 Å². The Morgan fingerprint density at radius 2 is 2.17 bits per heavy atom. The number of aromatic nitrogens is 4. The number of hydrogen-bond donors (Lipinski definition) is 0. The van der Waals surface area contributed by atoms with Crippen LogP contribution in [-0.2, 0) is 13.0 Å². The van der Waals surface area contributed by atoms with Crippen LogP contribution in [0.25, 0.3) is 0 Å². The number of rotatable bonds is 6. The molecule has 1 aliphatic rings. The molecule has 0 aromatic carbocycles. The van der Waals surface area contributed by atoms with E-state index in [1.165, 1.54) is 17.8 Å². The van der Waals surface area contributed by atoms with Gasteiger partial charge in [0.2, 0.25) is 0 Å². The summed E-state index contributed by atoms with van der Waals surface area (Å²) in [4.78, 5) is 19.4. The molecule has 3 heterocycles. The molecule has 0 spiro atoms. The Morgan fingerprint density at radius 3 is 2.83 bits per heavy atom. The smallest absolute Gasteiger partial charge is 0.265 e. The molecule has 130 valence electrons. The van der Waals surface area contributed by atoms with Gasteiger partial charge in [-0.2, -0.15) is 0 Å². The van der Waals surface area contributed by atoms with E-state index in [0.29, 0.717) is 5.92 Å². The van der Waals surface area contributed by atoms with Crippen molar-refractivity contribution in [2.75, 3.05) is 13.1 Å². The van der Waals surface area contributed by atoms with Gasteiger partial charge in [-0.3, -0.25) is 9.48 Å². The monoisotopic (exact) mass is 347 g/mol. The summed E-state index contributed by atoms with van der Waals surface area (Å²) in [6, 6.07) is 0. The lowest BCUT2D eigenvalue weighted by Gasteiger charge is -2.31. The van der Waals surface area contributed by atoms with Crippen molar-refractivity contribution < 1.29 is 4.79 Å². The Labute approximate surface area is 146 Å². The van der Waals surface area contributed by atoms with E-state index in [0.717, 1.165) is 61.6 Å². The second-order valence-electron chi connectivity index (χ2n) is 6.54. The maximum absolute atomic E-state index is 12.5. The predicted octanol–water partition coefficient (Wildman–Crippen LogP) is 2.94. The molecule has 1 amide bonds. The summed E-state index contributed by atoms with van der Waals surface area (Å²) in [5.41, 5.74) is 3.68. The number of thiazole rings is 1. The lowest BCUT2D eigenvalue weighted by molar-refractivity contribution is 0.0685. The zero-order valence-corrected chi connectivity index (χ0v) is 15.3. The van der Waals surface area contributed by atoms with E-state index < -0.39 is 0 Å². The van der Waals surface area contributed by atoms with Crippen molar-refractivity contribution in [1.82, 2.24) is 24.9 Å². The lowest BCUT2D eigenvalue weighted by atomic mass is 9.96. The van der Waals surface area contributed by atoms with Crippen molar-refractivity contribution in [3.8, 4) is 0 Å². The van der Waals surface area contributed by atoms with Crippen molar-refractivity contribution in [3.63, 3.8) is 0 Å². The highest BCUT2D eigenvalue weighted by Gasteiger charge is 2.25. The molecule has 24 heavy (non-hydrogen) atoms. The molecule has 0 saturated carbocycles. The van der Waals surface area contributed by atoms with Gasteiger partial charge in [0.15, 0.2) is 0 Å². The van der Waals surface area contributed by atoms with Crippen LogP contribution in [0.15, 0.2) is 11.7 Å². The quantitative estimate of drug-likeness (QED) is 0.806. The van der Waals surface area contributed by atoms with Crippen molar-refractivity contribution in [2.24, 2.45) is 5.92 Å². The Bertz CT molecular complexity index is 672.